The van der Waals surface area contributed by atoms with Crippen molar-refractivity contribution in [2.24, 2.45) is 0 Å². The molecule has 2 fully saturated rings. The zero-order valence-corrected chi connectivity index (χ0v) is 18.1. The van der Waals surface area contributed by atoms with Crippen LogP contribution >= 0.6 is 0 Å². The highest BCUT2D eigenvalue weighted by molar-refractivity contribution is 5.91. The summed E-state index contributed by atoms with van der Waals surface area (Å²) in [6.07, 6.45) is 1.48. The lowest BCUT2D eigenvalue weighted by Crippen LogP contribution is -2.58. The van der Waals surface area contributed by atoms with E-state index in [4.69, 9.17) is 4.42 Å². The lowest BCUT2D eigenvalue weighted by molar-refractivity contribution is -0.384. The molecule has 2 amide bonds. The third kappa shape index (κ3) is 4.45. The van der Waals surface area contributed by atoms with Gasteiger partial charge in [0.15, 0.2) is 5.76 Å². The Morgan fingerprint density at radius 1 is 0.938 bits per heavy atom. The number of hydrogen-bond donors (Lipinski definition) is 0. The van der Waals surface area contributed by atoms with Crippen molar-refractivity contribution in [2.75, 3.05) is 57.3 Å². The molecule has 0 saturated carbocycles. The molecule has 0 unspecified atom stereocenters. The van der Waals surface area contributed by atoms with Gasteiger partial charge in [-0.2, -0.15) is 0 Å². The monoisotopic (exact) mass is 441 g/mol. The molecule has 0 bridgehead atoms. The van der Waals surface area contributed by atoms with Crippen molar-refractivity contribution < 1.29 is 18.9 Å². The Kier molecular flexibility index (Phi) is 6.40. The van der Waals surface area contributed by atoms with Gasteiger partial charge in [0.05, 0.1) is 17.2 Å². The first kappa shape index (κ1) is 21.8. The molecule has 10 nitrogen and oxygen atoms in total. The van der Waals surface area contributed by atoms with Crippen LogP contribution in [0.1, 0.15) is 17.5 Å². The average molecular weight is 441 g/mol. The summed E-state index contributed by atoms with van der Waals surface area (Å²) in [6, 6.07) is 9.80. The second-order valence-corrected chi connectivity index (χ2v) is 8.04. The van der Waals surface area contributed by atoms with E-state index in [0.717, 1.165) is 0 Å². The van der Waals surface area contributed by atoms with Crippen molar-refractivity contribution in [3.05, 3.63) is 58.5 Å². The van der Waals surface area contributed by atoms with Crippen LogP contribution in [0.15, 0.2) is 47.1 Å². The molecule has 3 heterocycles. The van der Waals surface area contributed by atoms with Gasteiger partial charge in [-0.25, -0.2) is 0 Å². The van der Waals surface area contributed by atoms with E-state index in [-0.39, 0.29) is 28.5 Å². The van der Waals surface area contributed by atoms with Crippen LogP contribution in [0.25, 0.3) is 0 Å². The summed E-state index contributed by atoms with van der Waals surface area (Å²) in [5.41, 5.74) is 0.723. The Morgan fingerprint density at radius 3 is 2.22 bits per heavy atom. The van der Waals surface area contributed by atoms with Gasteiger partial charge in [0.1, 0.15) is 5.69 Å². The molecule has 1 aromatic heterocycles. The summed E-state index contributed by atoms with van der Waals surface area (Å²) in [4.78, 5) is 44.1. The number of nitro benzene ring substituents is 1. The van der Waals surface area contributed by atoms with Gasteiger partial charge in [0, 0.05) is 58.4 Å². The van der Waals surface area contributed by atoms with Gasteiger partial charge in [-0.3, -0.25) is 24.6 Å². The third-order valence-corrected chi connectivity index (χ3v) is 6.25. The zero-order valence-electron chi connectivity index (χ0n) is 18.1. The van der Waals surface area contributed by atoms with Crippen molar-refractivity contribution in [1.29, 1.82) is 0 Å². The van der Waals surface area contributed by atoms with Crippen LogP contribution in [0.5, 0.6) is 0 Å². The van der Waals surface area contributed by atoms with E-state index >= 15 is 0 Å². The largest absolute Gasteiger partial charge is 0.459 e. The number of anilines is 1. The molecule has 2 saturated heterocycles. The first-order valence-corrected chi connectivity index (χ1v) is 10.8. The molecule has 0 aliphatic carbocycles. The Bertz CT molecular complexity index is 963. The molecule has 2 aliphatic heterocycles. The van der Waals surface area contributed by atoms with Crippen LogP contribution in [-0.4, -0.2) is 89.8 Å². The fourth-order valence-corrected chi connectivity index (χ4v) is 4.34. The summed E-state index contributed by atoms with van der Waals surface area (Å²) in [5.74, 6) is 0.213. The van der Waals surface area contributed by atoms with Gasteiger partial charge >= 0.3 is 0 Å². The van der Waals surface area contributed by atoms with Crippen molar-refractivity contribution >= 4 is 23.2 Å². The number of furan rings is 1. The minimum atomic E-state index is -0.357. The highest BCUT2D eigenvalue weighted by Crippen LogP contribution is 2.28. The molecule has 10 heteroatoms. The predicted octanol–water partition coefficient (Wildman–Crippen LogP) is 1.68. The Balaban J connectivity index is 1.29. The van der Waals surface area contributed by atoms with Crippen molar-refractivity contribution in [3.63, 3.8) is 0 Å². The van der Waals surface area contributed by atoms with Crippen LogP contribution in [0.2, 0.25) is 0 Å². The molecule has 4 rings (SSSR count). The Morgan fingerprint density at radius 2 is 1.59 bits per heavy atom. The van der Waals surface area contributed by atoms with E-state index in [1.165, 1.54) is 12.3 Å². The van der Waals surface area contributed by atoms with Gasteiger partial charge in [-0.05, 0) is 25.1 Å². The quantitative estimate of drug-likeness (QED) is 0.514. The maximum atomic E-state index is 13.1. The van der Waals surface area contributed by atoms with E-state index in [9.17, 15) is 19.7 Å². The average Bonchev–Trinajstić information content (AvgIpc) is 3.38. The summed E-state index contributed by atoms with van der Waals surface area (Å²) in [5, 5.41) is 11.3. The van der Waals surface area contributed by atoms with Crippen molar-refractivity contribution in [3.8, 4) is 0 Å². The number of rotatable bonds is 5. The number of nitro groups is 1. The summed E-state index contributed by atoms with van der Waals surface area (Å²) < 4.78 is 5.18. The molecule has 2 aliphatic rings. The smallest absolute Gasteiger partial charge is 0.292 e. The Labute approximate surface area is 186 Å². The summed E-state index contributed by atoms with van der Waals surface area (Å²) in [6.45, 7) is 6.38. The van der Waals surface area contributed by atoms with Crippen LogP contribution in [0.3, 0.4) is 0 Å². The number of piperazine rings is 2. The topological polar surface area (TPSA) is 103 Å². The van der Waals surface area contributed by atoms with Crippen LogP contribution in [0, 0.1) is 10.1 Å². The fourth-order valence-electron chi connectivity index (χ4n) is 4.34. The number of nitrogens with zero attached hydrogens (tertiary/aromatic N) is 5. The first-order chi connectivity index (χ1) is 15.5. The number of amides is 2. The molecule has 0 spiro atoms. The second kappa shape index (κ2) is 9.39. The summed E-state index contributed by atoms with van der Waals surface area (Å²) >= 11 is 0. The maximum Gasteiger partial charge on any atom is 0.292 e. The first-order valence-electron chi connectivity index (χ1n) is 10.8. The zero-order chi connectivity index (χ0) is 22.7. The van der Waals surface area contributed by atoms with Gasteiger partial charge in [-0.1, -0.05) is 12.1 Å². The van der Waals surface area contributed by atoms with Gasteiger partial charge in [0.25, 0.3) is 11.6 Å². The molecule has 1 atom stereocenters. The summed E-state index contributed by atoms with van der Waals surface area (Å²) in [7, 11) is 0. The molecular formula is C22H27N5O5. The highest BCUT2D eigenvalue weighted by Gasteiger charge is 2.32. The maximum absolute atomic E-state index is 13.1. The normalized spacial score (nSPS) is 18.5. The Hall–Kier alpha value is -3.40. The lowest BCUT2D eigenvalue weighted by Gasteiger charge is -2.41. The van der Waals surface area contributed by atoms with Gasteiger partial charge in [-0.15, -0.1) is 0 Å². The number of carbonyl (C=O) groups excluding carboxylic acids is 2. The van der Waals surface area contributed by atoms with E-state index in [1.807, 2.05) is 16.7 Å². The van der Waals surface area contributed by atoms with Crippen LogP contribution in [0.4, 0.5) is 11.4 Å². The van der Waals surface area contributed by atoms with E-state index in [2.05, 4.69) is 4.90 Å². The number of hydrogen-bond acceptors (Lipinski definition) is 7. The van der Waals surface area contributed by atoms with Crippen LogP contribution < -0.4 is 4.90 Å². The molecule has 170 valence electrons. The van der Waals surface area contributed by atoms with Gasteiger partial charge < -0.3 is 19.1 Å². The second-order valence-electron chi connectivity index (χ2n) is 8.04. The third-order valence-electron chi connectivity index (χ3n) is 6.25. The molecule has 1 aromatic carbocycles. The van der Waals surface area contributed by atoms with E-state index in [0.29, 0.717) is 63.8 Å². The molecule has 32 heavy (non-hydrogen) atoms. The standard InChI is InChI=1S/C22H27N5O5/c1-17(21(28)25-12-14-26(15-13-25)22(29)20-7-4-16-32-20)23-8-10-24(11-9-23)18-5-2-3-6-19(18)27(30)31/h2-7,16-17H,8-15H2,1H3/t17-/m0/s1. The number of benzene rings is 1. The minimum Gasteiger partial charge on any atom is -0.459 e. The molecule has 0 N–H and O–H groups in total. The van der Waals surface area contributed by atoms with Gasteiger partial charge in [0.2, 0.25) is 5.91 Å². The number of carbonyl (C=O) groups is 2. The van der Waals surface area contributed by atoms with Crippen LogP contribution in [-0.2, 0) is 4.79 Å². The fraction of sp³-hybridized carbons (Fsp3) is 0.455. The van der Waals surface area contributed by atoms with Crippen molar-refractivity contribution in [1.82, 2.24) is 14.7 Å². The SMILES string of the molecule is C[C@@H](C(=O)N1CCN(C(=O)c2ccco2)CC1)N1CCN(c2ccccc2[N+](=O)[O-])CC1. The predicted molar refractivity (Wildman–Crippen MR) is 118 cm³/mol. The molecular weight excluding hydrogens is 414 g/mol. The lowest BCUT2D eigenvalue weighted by atomic mass is 10.1. The highest BCUT2D eigenvalue weighted by atomic mass is 16.6. The van der Waals surface area contributed by atoms with E-state index in [1.54, 1.807) is 35.2 Å². The number of para-hydroxylation sites is 2. The molecule has 2 aromatic rings. The van der Waals surface area contributed by atoms with Crippen molar-refractivity contribution in [2.45, 2.75) is 13.0 Å². The minimum absolute atomic E-state index is 0.0502. The molecule has 0 radical (unpaired) electrons. The van der Waals surface area contributed by atoms with E-state index < -0.39 is 0 Å².